The number of benzene rings is 1. The maximum Gasteiger partial charge on any atom is 0.0684 e. The van der Waals surface area contributed by atoms with Crippen LogP contribution in [-0.4, -0.2) is 10.2 Å². The maximum atomic E-state index is 8.99. The van der Waals surface area contributed by atoms with Crippen LogP contribution in [-0.2, 0) is 19.6 Å². The zero-order valence-electron chi connectivity index (χ0n) is 7.25. The minimum atomic E-state index is 0.0526. The van der Waals surface area contributed by atoms with E-state index in [4.69, 9.17) is 10.2 Å². The fraction of sp³-hybridized carbons (Fsp3) is 0.400. The third kappa shape index (κ3) is 1.65. The number of aliphatic hydroxyl groups is 2. The summed E-state index contributed by atoms with van der Waals surface area (Å²) in [5.41, 5.74) is 2.91. The SMILES string of the molecule is CCc1c(CO)cccc1CO. The maximum absolute atomic E-state index is 8.99. The van der Waals surface area contributed by atoms with Gasteiger partial charge in [-0.25, -0.2) is 0 Å². The lowest BCUT2D eigenvalue weighted by atomic mass is 10.00. The molecule has 0 aromatic heterocycles. The summed E-state index contributed by atoms with van der Waals surface area (Å²) in [5, 5.41) is 18.0. The second-order valence-corrected chi connectivity index (χ2v) is 2.72. The fourth-order valence-electron chi connectivity index (χ4n) is 1.44. The first-order valence-corrected chi connectivity index (χ1v) is 4.14. The van der Waals surface area contributed by atoms with Crippen LogP contribution in [0.3, 0.4) is 0 Å². The van der Waals surface area contributed by atoms with Crippen molar-refractivity contribution < 1.29 is 10.2 Å². The summed E-state index contributed by atoms with van der Waals surface area (Å²) in [6.45, 7) is 2.13. The molecule has 0 saturated carbocycles. The Balaban J connectivity index is 3.13. The second kappa shape index (κ2) is 4.24. The standard InChI is InChI=1S/C10H14O2/c1-2-10-8(6-11)4-3-5-9(10)7-12/h3-5,11-12H,2,6-7H2,1H3. The molecule has 0 unspecified atom stereocenters. The molecule has 0 radical (unpaired) electrons. The van der Waals surface area contributed by atoms with Gasteiger partial charge in [0.1, 0.15) is 0 Å². The average molecular weight is 166 g/mol. The van der Waals surface area contributed by atoms with Crippen LogP contribution in [0.4, 0.5) is 0 Å². The van der Waals surface area contributed by atoms with Crippen molar-refractivity contribution in [2.24, 2.45) is 0 Å². The number of aliphatic hydroxyl groups excluding tert-OH is 2. The summed E-state index contributed by atoms with van der Waals surface area (Å²) in [5.74, 6) is 0. The van der Waals surface area contributed by atoms with E-state index in [1.165, 1.54) is 0 Å². The molecule has 0 fully saturated rings. The van der Waals surface area contributed by atoms with E-state index in [1.807, 2.05) is 25.1 Å². The van der Waals surface area contributed by atoms with Crippen LogP contribution < -0.4 is 0 Å². The van der Waals surface area contributed by atoms with E-state index in [1.54, 1.807) is 0 Å². The Kier molecular flexibility index (Phi) is 3.26. The highest BCUT2D eigenvalue weighted by atomic mass is 16.3. The van der Waals surface area contributed by atoms with Crippen molar-refractivity contribution in [3.63, 3.8) is 0 Å². The molecule has 1 aromatic carbocycles. The molecule has 1 rings (SSSR count). The van der Waals surface area contributed by atoms with E-state index in [-0.39, 0.29) is 13.2 Å². The van der Waals surface area contributed by atoms with Gasteiger partial charge in [0.25, 0.3) is 0 Å². The van der Waals surface area contributed by atoms with E-state index < -0.39 is 0 Å². The Hall–Kier alpha value is -0.860. The minimum Gasteiger partial charge on any atom is -0.392 e. The first-order valence-electron chi connectivity index (χ1n) is 4.14. The number of hydrogen-bond donors (Lipinski definition) is 2. The largest absolute Gasteiger partial charge is 0.392 e. The molecule has 1 aromatic rings. The van der Waals surface area contributed by atoms with Gasteiger partial charge in [-0.3, -0.25) is 0 Å². The van der Waals surface area contributed by atoms with Gasteiger partial charge in [-0.1, -0.05) is 25.1 Å². The van der Waals surface area contributed by atoms with Gasteiger partial charge in [-0.05, 0) is 23.1 Å². The van der Waals surface area contributed by atoms with Crippen LogP contribution in [0.2, 0.25) is 0 Å². The Bertz CT molecular complexity index is 234. The third-order valence-corrected chi connectivity index (χ3v) is 2.06. The van der Waals surface area contributed by atoms with Crippen molar-refractivity contribution in [2.45, 2.75) is 26.6 Å². The van der Waals surface area contributed by atoms with Crippen molar-refractivity contribution in [3.8, 4) is 0 Å². The van der Waals surface area contributed by atoms with E-state index >= 15 is 0 Å². The molecule has 0 saturated heterocycles. The van der Waals surface area contributed by atoms with E-state index in [9.17, 15) is 0 Å². The molecule has 2 heteroatoms. The lowest BCUT2D eigenvalue weighted by molar-refractivity contribution is 0.273. The van der Waals surface area contributed by atoms with Gasteiger partial charge in [0.2, 0.25) is 0 Å². The Morgan fingerprint density at radius 1 is 1.08 bits per heavy atom. The normalized spacial score (nSPS) is 10.2. The highest BCUT2D eigenvalue weighted by Gasteiger charge is 2.03. The topological polar surface area (TPSA) is 40.5 Å². The molecular formula is C10H14O2. The van der Waals surface area contributed by atoms with Crippen LogP contribution in [0.25, 0.3) is 0 Å². The monoisotopic (exact) mass is 166 g/mol. The van der Waals surface area contributed by atoms with E-state index in [2.05, 4.69) is 0 Å². The van der Waals surface area contributed by atoms with Gasteiger partial charge in [0.15, 0.2) is 0 Å². The van der Waals surface area contributed by atoms with Crippen molar-refractivity contribution in [1.29, 1.82) is 0 Å². The molecule has 0 spiro atoms. The zero-order chi connectivity index (χ0) is 8.97. The van der Waals surface area contributed by atoms with Crippen molar-refractivity contribution in [3.05, 3.63) is 34.9 Å². The molecule has 2 nitrogen and oxygen atoms in total. The second-order valence-electron chi connectivity index (χ2n) is 2.72. The molecule has 0 heterocycles. The predicted molar refractivity (Wildman–Crippen MR) is 47.7 cm³/mol. The highest BCUT2D eigenvalue weighted by Crippen LogP contribution is 2.15. The fourth-order valence-corrected chi connectivity index (χ4v) is 1.44. The smallest absolute Gasteiger partial charge is 0.0684 e. The van der Waals surface area contributed by atoms with Crippen molar-refractivity contribution in [1.82, 2.24) is 0 Å². The molecule has 66 valence electrons. The van der Waals surface area contributed by atoms with E-state index in [0.717, 1.165) is 23.1 Å². The first-order chi connectivity index (χ1) is 5.83. The van der Waals surface area contributed by atoms with Gasteiger partial charge in [0, 0.05) is 0 Å². The van der Waals surface area contributed by atoms with Crippen LogP contribution in [0.15, 0.2) is 18.2 Å². The number of hydrogen-bond acceptors (Lipinski definition) is 2. The average Bonchev–Trinajstić information content (AvgIpc) is 2.16. The predicted octanol–water partition coefficient (Wildman–Crippen LogP) is 1.23. The van der Waals surface area contributed by atoms with Gasteiger partial charge in [0.05, 0.1) is 13.2 Å². The summed E-state index contributed by atoms with van der Waals surface area (Å²) in [4.78, 5) is 0. The molecule has 2 N–H and O–H groups in total. The van der Waals surface area contributed by atoms with Crippen LogP contribution in [0, 0.1) is 0 Å². The molecule has 0 aliphatic rings. The van der Waals surface area contributed by atoms with Crippen LogP contribution in [0.1, 0.15) is 23.6 Å². The zero-order valence-corrected chi connectivity index (χ0v) is 7.25. The lowest BCUT2D eigenvalue weighted by Gasteiger charge is -2.09. The Morgan fingerprint density at radius 2 is 1.58 bits per heavy atom. The van der Waals surface area contributed by atoms with E-state index in [0.29, 0.717) is 0 Å². The summed E-state index contributed by atoms with van der Waals surface area (Å²) >= 11 is 0. The first kappa shape index (κ1) is 9.23. The molecule has 12 heavy (non-hydrogen) atoms. The summed E-state index contributed by atoms with van der Waals surface area (Å²) in [6, 6.07) is 5.63. The summed E-state index contributed by atoms with van der Waals surface area (Å²) in [7, 11) is 0. The summed E-state index contributed by atoms with van der Waals surface area (Å²) in [6.07, 6.45) is 0.854. The number of rotatable bonds is 3. The molecular weight excluding hydrogens is 152 g/mol. The van der Waals surface area contributed by atoms with Crippen LogP contribution in [0.5, 0.6) is 0 Å². The Morgan fingerprint density at radius 3 is 1.92 bits per heavy atom. The molecule has 0 atom stereocenters. The molecule has 0 aliphatic carbocycles. The van der Waals surface area contributed by atoms with Gasteiger partial charge < -0.3 is 10.2 Å². The van der Waals surface area contributed by atoms with Crippen molar-refractivity contribution >= 4 is 0 Å². The third-order valence-electron chi connectivity index (χ3n) is 2.06. The van der Waals surface area contributed by atoms with Crippen molar-refractivity contribution in [2.75, 3.05) is 0 Å². The molecule has 0 aliphatic heterocycles. The minimum absolute atomic E-state index is 0.0526. The Labute approximate surface area is 72.5 Å². The lowest BCUT2D eigenvalue weighted by Crippen LogP contribution is -1.98. The van der Waals surface area contributed by atoms with Crippen LogP contribution >= 0.6 is 0 Å². The highest BCUT2D eigenvalue weighted by molar-refractivity contribution is 5.34. The van der Waals surface area contributed by atoms with Gasteiger partial charge in [-0.2, -0.15) is 0 Å². The molecule has 0 amide bonds. The van der Waals surface area contributed by atoms with Gasteiger partial charge in [-0.15, -0.1) is 0 Å². The quantitative estimate of drug-likeness (QED) is 0.709. The molecule has 0 bridgehead atoms. The summed E-state index contributed by atoms with van der Waals surface area (Å²) < 4.78 is 0. The van der Waals surface area contributed by atoms with Gasteiger partial charge >= 0.3 is 0 Å².